The molecule has 4 nitrogen and oxygen atoms in total. The number of phenolic OH excluding ortho intramolecular Hbond substituents is 1. The molecule has 1 aliphatic heterocycles. The molecule has 0 saturated heterocycles. The highest BCUT2D eigenvalue weighted by atomic mass is 16.5. The van der Waals surface area contributed by atoms with Crippen LogP contribution >= 0.6 is 0 Å². The third kappa shape index (κ3) is 3.11. The van der Waals surface area contributed by atoms with Crippen molar-refractivity contribution in [2.75, 3.05) is 7.11 Å². The molecular weight excluding hydrogens is 292 g/mol. The summed E-state index contributed by atoms with van der Waals surface area (Å²) in [4.78, 5) is 12.0. The van der Waals surface area contributed by atoms with Gasteiger partial charge in [-0.2, -0.15) is 0 Å². The summed E-state index contributed by atoms with van der Waals surface area (Å²) in [5, 5.41) is 9.61. The maximum Gasteiger partial charge on any atom is 0.343 e. The number of rotatable bonds is 3. The quantitative estimate of drug-likeness (QED) is 0.694. The minimum Gasteiger partial charge on any atom is -0.504 e. The van der Waals surface area contributed by atoms with Gasteiger partial charge in [-0.3, -0.25) is 0 Å². The molecule has 0 unspecified atom stereocenters. The molecule has 0 spiro atoms. The van der Waals surface area contributed by atoms with Crippen molar-refractivity contribution in [1.82, 2.24) is 0 Å². The number of methoxy groups -OCH3 is 1. The van der Waals surface area contributed by atoms with E-state index in [0.717, 1.165) is 16.7 Å². The van der Waals surface area contributed by atoms with Crippen LogP contribution in [0.15, 0.2) is 54.1 Å². The van der Waals surface area contributed by atoms with Crippen molar-refractivity contribution in [3.63, 3.8) is 0 Å². The van der Waals surface area contributed by atoms with Gasteiger partial charge in [0.1, 0.15) is 5.76 Å². The monoisotopic (exact) mass is 308 g/mol. The van der Waals surface area contributed by atoms with Gasteiger partial charge in [0.15, 0.2) is 11.5 Å². The lowest BCUT2D eigenvalue weighted by molar-refractivity contribution is -0.130. The molecule has 116 valence electrons. The smallest absolute Gasteiger partial charge is 0.343 e. The first-order valence-electron chi connectivity index (χ1n) is 7.16. The third-order valence-electron chi connectivity index (χ3n) is 3.59. The van der Waals surface area contributed by atoms with Gasteiger partial charge >= 0.3 is 5.97 Å². The van der Waals surface area contributed by atoms with Crippen LogP contribution < -0.4 is 4.74 Å². The molecule has 4 heteroatoms. The molecule has 1 aliphatic rings. The topological polar surface area (TPSA) is 55.8 Å². The summed E-state index contributed by atoms with van der Waals surface area (Å²) >= 11 is 0. The number of hydrogen-bond donors (Lipinski definition) is 1. The van der Waals surface area contributed by atoms with Crippen LogP contribution in [0.2, 0.25) is 0 Å². The zero-order chi connectivity index (χ0) is 16.4. The van der Waals surface area contributed by atoms with Crippen molar-refractivity contribution in [3.05, 3.63) is 70.8 Å². The van der Waals surface area contributed by atoms with Crippen LogP contribution in [0.1, 0.15) is 16.7 Å². The van der Waals surface area contributed by atoms with Crippen LogP contribution in [0.4, 0.5) is 0 Å². The van der Waals surface area contributed by atoms with Gasteiger partial charge in [-0.05, 0) is 36.8 Å². The average molecular weight is 308 g/mol. The SMILES string of the molecule is COc1cc(/C=C2/C=C(c3ccc(C)cc3)OC2=O)ccc1O. The molecule has 0 fully saturated rings. The van der Waals surface area contributed by atoms with Crippen LogP contribution in [0.5, 0.6) is 11.5 Å². The summed E-state index contributed by atoms with van der Waals surface area (Å²) in [6.45, 7) is 2.00. The Morgan fingerprint density at radius 2 is 1.87 bits per heavy atom. The molecule has 0 bridgehead atoms. The van der Waals surface area contributed by atoms with Crippen LogP contribution in [0.25, 0.3) is 11.8 Å². The number of carbonyl (C=O) groups is 1. The lowest BCUT2D eigenvalue weighted by Gasteiger charge is -2.03. The first-order chi connectivity index (χ1) is 11.1. The highest BCUT2D eigenvalue weighted by molar-refractivity contribution is 6.05. The van der Waals surface area contributed by atoms with Crippen molar-refractivity contribution in [3.8, 4) is 11.5 Å². The van der Waals surface area contributed by atoms with E-state index in [-0.39, 0.29) is 5.75 Å². The lowest BCUT2D eigenvalue weighted by Crippen LogP contribution is -1.97. The fourth-order valence-corrected chi connectivity index (χ4v) is 2.31. The molecule has 2 aromatic carbocycles. The van der Waals surface area contributed by atoms with Crippen molar-refractivity contribution in [2.24, 2.45) is 0 Å². The molecule has 0 atom stereocenters. The van der Waals surface area contributed by atoms with Crippen molar-refractivity contribution in [2.45, 2.75) is 6.92 Å². The summed E-state index contributed by atoms with van der Waals surface area (Å²) in [5.74, 6) is 0.549. The van der Waals surface area contributed by atoms with Crippen LogP contribution in [0.3, 0.4) is 0 Å². The van der Waals surface area contributed by atoms with Gasteiger partial charge in [0.25, 0.3) is 0 Å². The van der Waals surface area contributed by atoms with Gasteiger partial charge < -0.3 is 14.6 Å². The van der Waals surface area contributed by atoms with Gasteiger partial charge in [-0.25, -0.2) is 4.79 Å². The Morgan fingerprint density at radius 3 is 2.57 bits per heavy atom. The maximum absolute atomic E-state index is 12.0. The van der Waals surface area contributed by atoms with E-state index in [0.29, 0.717) is 17.1 Å². The van der Waals surface area contributed by atoms with Crippen LogP contribution in [-0.4, -0.2) is 18.2 Å². The van der Waals surface area contributed by atoms with Crippen molar-refractivity contribution < 1.29 is 19.4 Å². The Kier molecular flexibility index (Phi) is 3.89. The summed E-state index contributed by atoms with van der Waals surface area (Å²) in [5.41, 5.74) is 3.20. The number of aromatic hydroxyl groups is 1. The molecule has 0 saturated carbocycles. The number of aryl methyl sites for hydroxylation is 1. The van der Waals surface area contributed by atoms with E-state index in [1.165, 1.54) is 13.2 Å². The van der Waals surface area contributed by atoms with E-state index in [9.17, 15) is 9.90 Å². The summed E-state index contributed by atoms with van der Waals surface area (Å²) in [6.07, 6.45) is 3.41. The van der Waals surface area contributed by atoms with E-state index in [1.807, 2.05) is 31.2 Å². The summed E-state index contributed by atoms with van der Waals surface area (Å²) < 4.78 is 10.4. The second kappa shape index (κ2) is 6.01. The molecule has 3 rings (SSSR count). The molecule has 1 N–H and O–H groups in total. The fraction of sp³-hybridized carbons (Fsp3) is 0.105. The van der Waals surface area contributed by atoms with E-state index < -0.39 is 5.97 Å². The minimum absolute atomic E-state index is 0.0551. The normalized spacial score (nSPS) is 15.5. The van der Waals surface area contributed by atoms with Gasteiger partial charge in [0, 0.05) is 5.56 Å². The number of carbonyl (C=O) groups excluding carboxylic acids is 1. The first kappa shape index (κ1) is 14.9. The van der Waals surface area contributed by atoms with Crippen LogP contribution in [0, 0.1) is 6.92 Å². The average Bonchev–Trinajstić information content (AvgIpc) is 2.91. The Hall–Kier alpha value is -3.01. The van der Waals surface area contributed by atoms with Gasteiger partial charge in [-0.15, -0.1) is 0 Å². The predicted molar refractivity (Wildman–Crippen MR) is 87.9 cm³/mol. The van der Waals surface area contributed by atoms with Gasteiger partial charge in [0.2, 0.25) is 0 Å². The van der Waals surface area contributed by atoms with E-state index in [2.05, 4.69) is 0 Å². The number of cyclic esters (lactones) is 1. The standard InChI is InChI=1S/C19H16O4/c1-12-3-6-14(7-4-12)17-11-15(19(21)23-17)9-13-5-8-16(20)18(10-13)22-2/h3-11,20H,1-2H3/b15-9-. The number of phenols is 1. The highest BCUT2D eigenvalue weighted by Gasteiger charge is 2.22. The van der Waals surface area contributed by atoms with E-state index in [1.54, 1.807) is 24.3 Å². The van der Waals surface area contributed by atoms with Gasteiger partial charge in [0.05, 0.1) is 12.7 Å². The zero-order valence-electron chi connectivity index (χ0n) is 12.9. The largest absolute Gasteiger partial charge is 0.504 e. The molecule has 0 radical (unpaired) electrons. The number of hydrogen-bond acceptors (Lipinski definition) is 4. The molecule has 0 amide bonds. The second-order valence-electron chi connectivity index (χ2n) is 5.30. The molecule has 1 heterocycles. The van der Waals surface area contributed by atoms with Crippen LogP contribution in [-0.2, 0) is 9.53 Å². The Bertz CT molecular complexity index is 814. The maximum atomic E-state index is 12.0. The lowest BCUT2D eigenvalue weighted by atomic mass is 10.1. The number of benzene rings is 2. The van der Waals surface area contributed by atoms with Crippen molar-refractivity contribution in [1.29, 1.82) is 0 Å². The fourth-order valence-electron chi connectivity index (χ4n) is 2.31. The molecule has 0 aliphatic carbocycles. The molecule has 0 aromatic heterocycles. The van der Waals surface area contributed by atoms with Crippen molar-refractivity contribution >= 4 is 17.8 Å². The summed E-state index contributed by atoms with van der Waals surface area (Å²) in [7, 11) is 1.48. The molecule has 23 heavy (non-hydrogen) atoms. The van der Waals surface area contributed by atoms with E-state index >= 15 is 0 Å². The minimum atomic E-state index is -0.396. The Labute approximate surface area is 134 Å². The zero-order valence-corrected chi connectivity index (χ0v) is 12.9. The Morgan fingerprint density at radius 1 is 1.13 bits per heavy atom. The third-order valence-corrected chi connectivity index (χ3v) is 3.59. The number of ether oxygens (including phenoxy) is 2. The highest BCUT2D eigenvalue weighted by Crippen LogP contribution is 2.30. The summed E-state index contributed by atoms with van der Waals surface area (Å²) in [6, 6.07) is 12.7. The van der Waals surface area contributed by atoms with E-state index in [4.69, 9.17) is 9.47 Å². The number of esters is 1. The second-order valence-corrected chi connectivity index (χ2v) is 5.30. The molecule has 2 aromatic rings. The van der Waals surface area contributed by atoms with Gasteiger partial charge in [-0.1, -0.05) is 35.9 Å². The first-order valence-corrected chi connectivity index (χ1v) is 7.16. The predicted octanol–water partition coefficient (Wildman–Crippen LogP) is 3.69. The molecular formula is C19H16O4. The Balaban J connectivity index is 1.93.